The van der Waals surface area contributed by atoms with E-state index in [0.29, 0.717) is 5.95 Å². The number of aromatic nitrogens is 3. The lowest BCUT2D eigenvalue weighted by atomic mass is 9.60. The molecule has 1 unspecified atom stereocenters. The molecule has 0 fully saturated rings. The fourth-order valence-electron chi connectivity index (χ4n) is 9.94. The van der Waals surface area contributed by atoms with Crippen molar-refractivity contribution in [1.82, 2.24) is 14.5 Å². The Hall–Kier alpha value is -7.24. The summed E-state index contributed by atoms with van der Waals surface area (Å²) in [6.45, 7) is 0. The molecule has 4 aliphatic rings. The Morgan fingerprint density at radius 3 is 2.17 bits per heavy atom. The van der Waals surface area contributed by atoms with Crippen LogP contribution in [0.3, 0.4) is 0 Å². The summed E-state index contributed by atoms with van der Waals surface area (Å²) in [5, 5.41) is 2.23. The van der Waals surface area contributed by atoms with Gasteiger partial charge in [-0.1, -0.05) is 134 Å². The minimum atomic E-state index is -0.662. The zero-order chi connectivity index (χ0) is 38.2. The summed E-state index contributed by atoms with van der Waals surface area (Å²) in [4.78, 5) is 13.3. The van der Waals surface area contributed by atoms with Gasteiger partial charge in [0.1, 0.15) is 11.5 Å². The molecule has 1 atom stereocenters. The fourth-order valence-corrected chi connectivity index (χ4v) is 9.94. The van der Waals surface area contributed by atoms with Gasteiger partial charge in [-0.05, 0) is 90.9 Å². The van der Waals surface area contributed by atoms with E-state index < -0.39 is 5.41 Å². The fraction of sp³-hybridized carbons (Fsp3) is 0.0943. The topological polar surface area (TPSA) is 43.2 Å². The van der Waals surface area contributed by atoms with Gasteiger partial charge in [-0.15, -0.1) is 0 Å². The van der Waals surface area contributed by atoms with Crippen LogP contribution < -0.4 is 9.64 Å². The van der Waals surface area contributed by atoms with Crippen LogP contribution in [-0.2, 0) is 5.41 Å². The number of rotatable bonds is 4. The zero-order valence-electron chi connectivity index (χ0n) is 31.8. The van der Waals surface area contributed by atoms with E-state index in [1.807, 2.05) is 0 Å². The summed E-state index contributed by atoms with van der Waals surface area (Å²) in [6, 6.07) is 54.4. The maximum atomic E-state index is 7.04. The van der Waals surface area contributed by atoms with Gasteiger partial charge >= 0.3 is 0 Å². The SMILES string of the molecule is C1=CCCC(c2cc(-c3ccccc3)nc(-n3c4ccccc4c4cc5c(cc43)C3(C4=C(CCC=C4)N(c4ccccc4)c4ccccc43)c3ccccc3O5)n2)=C1. The third kappa shape index (κ3) is 4.77. The highest BCUT2D eigenvalue weighted by molar-refractivity contribution is 6.10. The normalized spacial score (nSPS) is 17.8. The van der Waals surface area contributed by atoms with Crippen LogP contribution in [0.15, 0.2) is 193 Å². The summed E-state index contributed by atoms with van der Waals surface area (Å²) in [5.41, 5.74) is 14.0. The van der Waals surface area contributed by atoms with Crippen LogP contribution in [0.5, 0.6) is 11.5 Å². The van der Waals surface area contributed by atoms with E-state index in [1.54, 1.807) is 0 Å². The molecule has 0 bridgehead atoms. The van der Waals surface area contributed by atoms with Gasteiger partial charge in [-0.25, -0.2) is 9.97 Å². The monoisotopic (exact) mass is 746 g/mol. The molecule has 5 nitrogen and oxygen atoms in total. The van der Waals surface area contributed by atoms with Gasteiger partial charge in [0.05, 0.1) is 33.5 Å². The van der Waals surface area contributed by atoms with Gasteiger partial charge < -0.3 is 9.64 Å². The van der Waals surface area contributed by atoms with Crippen molar-refractivity contribution in [3.05, 3.63) is 216 Å². The molecule has 8 aromatic rings. The Labute approximate surface area is 337 Å². The predicted octanol–water partition coefficient (Wildman–Crippen LogP) is 13.2. The smallest absolute Gasteiger partial charge is 0.235 e. The molecule has 0 radical (unpaired) electrons. The van der Waals surface area contributed by atoms with Crippen LogP contribution in [0.2, 0.25) is 0 Å². The first-order valence-corrected chi connectivity index (χ1v) is 20.3. The molecular weight excluding hydrogens is 709 g/mol. The lowest BCUT2D eigenvalue weighted by Gasteiger charge is -2.50. The average molecular weight is 747 g/mol. The lowest BCUT2D eigenvalue weighted by Crippen LogP contribution is -2.42. The molecule has 0 saturated carbocycles. The number of hydrogen-bond donors (Lipinski definition) is 0. The molecule has 58 heavy (non-hydrogen) atoms. The van der Waals surface area contributed by atoms with Gasteiger partial charge in [0.25, 0.3) is 0 Å². The summed E-state index contributed by atoms with van der Waals surface area (Å²) < 4.78 is 9.33. The number of hydrogen-bond acceptors (Lipinski definition) is 4. The van der Waals surface area contributed by atoms with E-state index >= 15 is 0 Å². The first kappa shape index (κ1) is 33.0. The van der Waals surface area contributed by atoms with Crippen molar-refractivity contribution in [2.45, 2.75) is 31.1 Å². The molecule has 0 saturated heterocycles. The molecular formula is C53H38N4O. The number of para-hydroxylation sites is 4. The molecule has 2 aliphatic carbocycles. The van der Waals surface area contributed by atoms with Crippen LogP contribution in [0, 0.1) is 0 Å². The van der Waals surface area contributed by atoms with E-state index in [4.69, 9.17) is 14.7 Å². The minimum Gasteiger partial charge on any atom is -0.457 e. The van der Waals surface area contributed by atoms with E-state index in [0.717, 1.165) is 87.1 Å². The quantitative estimate of drug-likeness (QED) is 0.180. The van der Waals surface area contributed by atoms with Gasteiger partial charge in [0.2, 0.25) is 5.95 Å². The van der Waals surface area contributed by atoms with Crippen molar-refractivity contribution in [3.8, 4) is 28.7 Å². The van der Waals surface area contributed by atoms with Crippen molar-refractivity contribution in [2.75, 3.05) is 4.90 Å². The number of ether oxygens (including phenoxy) is 1. The van der Waals surface area contributed by atoms with Gasteiger partial charge in [-0.2, -0.15) is 0 Å². The Bertz CT molecular complexity index is 3100. The third-order valence-corrected chi connectivity index (χ3v) is 12.4. The second-order valence-corrected chi connectivity index (χ2v) is 15.5. The average Bonchev–Trinajstić information content (AvgIpc) is 3.62. The summed E-state index contributed by atoms with van der Waals surface area (Å²) in [7, 11) is 0. The van der Waals surface area contributed by atoms with Gasteiger partial charge in [0.15, 0.2) is 0 Å². The standard InChI is InChI=1S/C53H38N4O/c1-4-18-35(19-5-1)44-34-45(36-20-6-2-7-21-36)55-52(54-44)57-46-28-14-10-24-38(46)39-32-51-43(33-49(39)57)53(42-27-13-17-31-50(42)58-51)40-25-11-15-29-47(40)56(37-22-8-3-9-23-37)48-30-16-12-26-41(48)53/h1-6,8-15,17-20,22-29,31-34H,7,16,21,30H2. The van der Waals surface area contributed by atoms with Crippen molar-refractivity contribution in [3.63, 3.8) is 0 Å². The lowest BCUT2D eigenvalue weighted by molar-refractivity contribution is 0.432. The molecule has 276 valence electrons. The first-order chi connectivity index (χ1) is 28.8. The predicted molar refractivity (Wildman–Crippen MR) is 235 cm³/mol. The first-order valence-electron chi connectivity index (χ1n) is 20.3. The molecule has 2 aliphatic heterocycles. The Morgan fingerprint density at radius 1 is 0.569 bits per heavy atom. The summed E-state index contributed by atoms with van der Waals surface area (Å²) in [5.74, 6) is 2.40. The minimum absolute atomic E-state index is 0.654. The number of allylic oxidation sites excluding steroid dienone is 8. The Balaban J connectivity index is 1.20. The largest absolute Gasteiger partial charge is 0.457 e. The molecule has 12 rings (SSSR count). The van der Waals surface area contributed by atoms with Gasteiger partial charge in [0, 0.05) is 38.8 Å². The second-order valence-electron chi connectivity index (χ2n) is 15.5. The van der Waals surface area contributed by atoms with Gasteiger partial charge in [-0.3, -0.25) is 4.57 Å². The molecule has 4 heterocycles. The third-order valence-electron chi connectivity index (χ3n) is 12.4. The Kier molecular flexibility index (Phi) is 7.33. The molecule has 0 N–H and O–H groups in total. The van der Waals surface area contributed by atoms with Crippen molar-refractivity contribution in [1.29, 1.82) is 0 Å². The van der Waals surface area contributed by atoms with Crippen LogP contribution >= 0.6 is 0 Å². The molecule has 0 amide bonds. The van der Waals surface area contributed by atoms with E-state index in [-0.39, 0.29) is 0 Å². The van der Waals surface area contributed by atoms with E-state index in [9.17, 15) is 0 Å². The van der Waals surface area contributed by atoms with Crippen LogP contribution in [0.1, 0.15) is 48.1 Å². The van der Waals surface area contributed by atoms with E-state index in [2.05, 4.69) is 192 Å². The number of nitrogens with zero attached hydrogens (tertiary/aromatic N) is 4. The molecule has 1 spiro atoms. The number of fused-ring (bicyclic) bond motifs is 10. The number of benzene rings is 6. The highest BCUT2D eigenvalue weighted by Crippen LogP contribution is 2.63. The second kappa shape index (κ2) is 12.9. The van der Waals surface area contributed by atoms with Crippen molar-refractivity contribution < 1.29 is 4.74 Å². The highest BCUT2D eigenvalue weighted by Gasteiger charge is 2.52. The van der Waals surface area contributed by atoms with Crippen molar-refractivity contribution in [2.24, 2.45) is 0 Å². The van der Waals surface area contributed by atoms with Crippen LogP contribution in [-0.4, -0.2) is 14.5 Å². The van der Waals surface area contributed by atoms with Crippen molar-refractivity contribution >= 4 is 38.8 Å². The number of anilines is 2. The Morgan fingerprint density at radius 2 is 1.31 bits per heavy atom. The molecule has 5 heteroatoms. The molecule has 2 aromatic heterocycles. The van der Waals surface area contributed by atoms with Crippen LogP contribution in [0.4, 0.5) is 11.4 Å². The molecule has 6 aromatic carbocycles. The zero-order valence-corrected chi connectivity index (χ0v) is 31.8. The maximum absolute atomic E-state index is 7.04. The summed E-state index contributed by atoms with van der Waals surface area (Å²) >= 11 is 0. The maximum Gasteiger partial charge on any atom is 0.235 e. The van der Waals surface area contributed by atoms with Crippen LogP contribution in [0.25, 0.3) is 44.6 Å². The summed E-state index contributed by atoms with van der Waals surface area (Å²) in [6.07, 6.45) is 15.1. The highest BCUT2D eigenvalue weighted by atomic mass is 16.5. The van der Waals surface area contributed by atoms with E-state index in [1.165, 1.54) is 33.8 Å².